The SMILES string of the molecule is Cn1nc(Cl)cc1-c1cccc(Br)c1. The van der Waals surface area contributed by atoms with Crippen molar-refractivity contribution in [1.82, 2.24) is 9.78 Å². The zero-order valence-electron chi connectivity index (χ0n) is 7.54. The number of hydrogen-bond donors (Lipinski definition) is 0. The van der Waals surface area contributed by atoms with E-state index < -0.39 is 0 Å². The number of nitrogens with zero attached hydrogens (tertiary/aromatic N) is 2. The quantitative estimate of drug-likeness (QED) is 0.776. The third kappa shape index (κ3) is 1.83. The highest BCUT2D eigenvalue weighted by Crippen LogP contribution is 2.24. The fourth-order valence-corrected chi connectivity index (χ4v) is 1.97. The molecule has 0 aliphatic heterocycles. The van der Waals surface area contributed by atoms with Crippen LogP contribution in [0.15, 0.2) is 34.8 Å². The Morgan fingerprint density at radius 1 is 1.36 bits per heavy atom. The lowest BCUT2D eigenvalue weighted by Gasteiger charge is -2.01. The Hall–Kier alpha value is -0.800. The number of rotatable bonds is 1. The van der Waals surface area contributed by atoms with E-state index in [0.29, 0.717) is 5.15 Å². The Kier molecular flexibility index (Phi) is 2.61. The first-order chi connectivity index (χ1) is 6.66. The van der Waals surface area contributed by atoms with Crippen molar-refractivity contribution in [2.75, 3.05) is 0 Å². The van der Waals surface area contributed by atoms with Crippen molar-refractivity contribution in [2.24, 2.45) is 7.05 Å². The molecular weight excluding hydrogens is 263 g/mol. The molecule has 0 aliphatic rings. The summed E-state index contributed by atoms with van der Waals surface area (Å²) in [5.74, 6) is 0. The van der Waals surface area contributed by atoms with Crippen molar-refractivity contribution in [3.8, 4) is 11.3 Å². The van der Waals surface area contributed by atoms with Gasteiger partial charge in [-0.1, -0.05) is 39.7 Å². The maximum absolute atomic E-state index is 5.81. The molecule has 14 heavy (non-hydrogen) atoms. The first kappa shape index (κ1) is 9.74. The van der Waals surface area contributed by atoms with Crippen molar-refractivity contribution in [3.63, 3.8) is 0 Å². The van der Waals surface area contributed by atoms with Crippen LogP contribution in [0.4, 0.5) is 0 Å². The molecule has 1 aromatic carbocycles. The van der Waals surface area contributed by atoms with Gasteiger partial charge in [-0.05, 0) is 12.1 Å². The van der Waals surface area contributed by atoms with E-state index in [9.17, 15) is 0 Å². The Morgan fingerprint density at radius 2 is 2.14 bits per heavy atom. The van der Waals surface area contributed by atoms with Crippen LogP contribution in [0.2, 0.25) is 5.15 Å². The van der Waals surface area contributed by atoms with Crippen LogP contribution in [0, 0.1) is 0 Å². The molecule has 0 saturated heterocycles. The average Bonchev–Trinajstić information content (AvgIpc) is 2.45. The van der Waals surface area contributed by atoms with E-state index >= 15 is 0 Å². The molecule has 0 saturated carbocycles. The minimum Gasteiger partial charge on any atom is -0.266 e. The topological polar surface area (TPSA) is 17.8 Å². The highest BCUT2D eigenvalue weighted by Gasteiger charge is 2.05. The number of aryl methyl sites for hydroxylation is 1. The molecule has 0 N–H and O–H groups in total. The summed E-state index contributed by atoms with van der Waals surface area (Å²) in [6.07, 6.45) is 0. The van der Waals surface area contributed by atoms with Gasteiger partial charge in [-0.25, -0.2) is 0 Å². The summed E-state index contributed by atoms with van der Waals surface area (Å²) < 4.78 is 2.82. The number of halogens is 2. The number of aromatic nitrogens is 2. The fourth-order valence-electron chi connectivity index (χ4n) is 1.35. The Bertz CT molecular complexity index is 465. The van der Waals surface area contributed by atoms with Gasteiger partial charge in [-0.2, -0.15) is 5.10 Å². The van der Waals surface area contributed by atoms with Crippen molar-refractivity contribution >= 4 is 27.5 Å². The van der Waals surface area contributed by atoms with Crippen LogP contribution in [-0.2, 0) is 7.05 Å². The summed E-state index contributed by atoms with van der Waals surface area (Å²) in [7, 11) is 1.88. The van der Waals surface area contributed by atoms with Crippen molar-refractivity contribution in [3.05, 3.63) is 40.0 Å². The second-order valence-corrected chi connectivity index (χ2v) is 4.29. The minimum absolute atomic E-state index is 0.516. The predicted molar refractivity (Wildman–Crippen MR) is 61.4 cm³/mol. The number of benzene rings is 1. The second kappa shape index (κ2) is 3.75. The third-order valence-electron chi connectivity index (χ3n) is 1.97. The molecule has 2 nitrogen and oxygen atoms in total. The highest BCUT2D eigenvalue weighted by molar-refractivity contribution is 9.10. The highest BCUT2D eigenvalue weighted by atomic mass is 79.9. The van der Waals surface area contributed by atoms with E-state index in [4.69, 9.17) is 11.6 Å². The lowest BCUT2D eigenvalue weighted by Crippen LogP contribution is -1.92. The molecule has 0 amide bonds. The van der Waals surface area contributed by atoms with E-state index in [0.717, 1.165) is 15.7 Å². The van der Waals surface area contributed by atoms with Gasteiger partial charge in [0.2, 0.25) is 0 Å². The Labute approximate surface area is 95.6 Å². The summed E-state index contributed by atoms with van der Waals surface area (Å²) in [5, 5.41) is 4.60. The summed E-state index contributed by atoms with van der Waals surface area (Å²) in [6, 6.07) is 9.89. The van der Waals surface area contributed by atoms with Crippen LogP contribution < -0.4 is 0 Å². The first-order valence-corrected chi connectivity index (χ1v) is 5.29. The predicted octanol–water partition coefficient (Wildman–Crippen LogP) is 3.50. The van der Waals surface area contributed by atoms with Gasteiger partial charge >= 0.3 is 0 Å². The molecule has 2 rings (SSSR count). The zero-order valence-corrected chi connectivity index (χ0v) is 9.88. The van der Waals surface area contributed by atoms with Crippen LogP contribution >= 0.6 is 27.5 Å². The summed E-state index contributed by atoms with van der Waals surface area (Å²) in [4.78, 5) is 0. The van der Waals surface area contributed by atoms with Crippen LogP contribution in [0.5, 0.6) is 0 Å². The first-order valence-electron chi connectivity index (χ1n) is 4.12. The van der Waals surface area contributed by atoms with Gasteiger partial charge in [0.05, 0.1) is 5.69 Å². The lowest BCUT2D eigenvalue weighted by molar-refractivity contribution is 0.776. The van der Waals surface area contributed by atoms with Gasteiger partial charge in [0.25, 0.3) is 0 Å². The van der Waals surface area contributed by atoms with E-state index in [2.05, 4.69) is 21.0 Å². The zero-order chi connectivity index (χ0) is 10.1. The number of hydrogen-bond acceptors (Lipinski definition) is 1. The van der Waals surface area contributed by atoms with Gasteiger partial charge in [-0.15, -0.1) is 0 Å². The van der Waals surface area contributed by atoms with Crippen LogP contribution in [0.25, 0.3) is 11.3 Å². The maximum atomic E-state index is 5.81. The lowest BCUT2D eigenvalue weighted by atomic mass is 10.1. The molecule has 0 spiro atoms. The van der Waals surface area contributed by atoms with Gasteiger partial charge in [-0.3, -0.25) is 4.68 Å². The molecular formula is C10H8BrClN2. The Morgan fingerprint density at radius 3 is 2.71 bits per heavy atom. The molecule has 1 heterocycles. The van der Waals surface area contributed by atoms with Gasteiger partial charge in [0.15, 0.2) is 5.15 Å². The standard InChI is InChI=1S/C10H8BrClN2/c1-14-9(6-10(12)13-14)7-3-2-4-8(11)5-7/h2-6H,1H3. The van der Waals surface area contributed by atoms with E-state index in [1.807, 2.05) is 37.4 Å². The summed E-state index contributed by atoms with van der Waals surface area (Å²) in [6.45, 7) is 0. The monoisotopic (exact) mass is 270 g/mol. The van der Waals surface area contributed by atoms with E-state index in [1.165, 1.54) is 0 Å². The maximum Gasteiger partial charge on any atom is 0.151 e. The Balaban J connectivity index is 2.54. The smallest absolute Gasteiger partial charge is 0.151 e. The molecule has 0 atom stereocenters. The van der Waals surface area contributed by atoms with Crippen molar-refractivity contribution in [1.29, 1.82) is 0 Å². The van der Waals surface area contributed by atoms with Crippen LogP contribution in [-0.4, -0.2) is 9.78 Å². The van der Waals surface area contributed by atoms with Crippen LogP contribution in [0.1, 0.15) is 0 Å². The fraction of sp³-hybridized carbons (Fsp3) is 0.100. The summed E-state index contributed by atoms with van der Waals surface area (Å²) >= 11 is 9.24. The van der Waals surface area contributed by atoms with Crippen molar-refractivity contribution < 1.29 is 0 Å². The van der Waals surface area contributed by atoms with E-state index in [-0.39, 0.29) is 0 Å². The van der Waals surface area contributed by atoms with Gasteiger partial charge < -0.3 is 0 Å². The summed E-state index contributed by atoms with van der Waals surface area (Å²) in [5.41, 5.74) is 2.11. The molecule has 0 fully saturated rings. The van der Waals surface area contributed by atoms with Crippen molar-refractivity contribution in [2.45, 2.75) is 0 Å². The second-order valence-electron chi connectivity index (χ2n) is 2.99. The molecule has 0 unspecified atom stereocenters. The van der Waals surface area contributed by atoms with Gasteiger partial charge in [0, 0.05) is 23.2 Å². The average molecular weight is 272 g/mol. The third-order valence-corrected chi connectivity index (χ3v) is 2.65. The molecule has 1 aromatic heterocycles. The largest absolute Gasteiger partial charge is 0.266 e. The molecule has 0 bridgehead atoms. The normalized spacial score (nSPS) is 10.5. The molecule has 72 valence electrons. The molecule has 0 aliphatic carbocycles. The molecule has 0 radical (unpaired) electrons. The molecule has 2 aromatic rings. The van der Waals surface area contributed by atoms with E-state index in [1.54, 1.807) is 4.68 Å². The molecule has 4 heteroatoms. The van der Waals surface area contributed by atoms with Crippen LogP contribution in [0.3, 0.4) is 0 Å². The minimum atomic E-state index is 0.516. The van der Waals surface area contributed by atoms with Gasteiger partial charge in [0.1, 0.15) is 0 Å².